The Morgan fingerprint density at radius 1 is 1.24 bits per heavy atom. The Balaban J connectivity index is 1.28. The van der Waals surface area contributed by atoms with E-state index < -0.39 is 0 Å². The van der Waals surface area contributed by atoms with Gasteiger partial charge in [0.05, 0.1) is 30.6 Å². The first-order valence-corrected chi connectivity index (χ1v) is 11.7. The van der Waals surface area contributed by atoms with Crippen molar-refractivity contribution in [3.8, 4) is 0 Å². The van der Waals surface area contributed by atoms with E-state index in [4.69, 9.17) is 20.6 Å². The van der Waals surface area contributed by atoms with Gasteiger partial charge in [-0.3, -0.25) is 15.3 Å². The molecule has 8 nitrogen and oxygen atoms in total. The zero-order chi connectivity index (χ0) is 23.0. The van der Waals surface area contributed by atoms with Gasteiger partial charge in [0.25, 0.3) is 0 Å². The van der Waals surface area contributed by atoms with E-state index >= 15 is 0 Å². The number of nitrogens with zero attached hydrogens (tertiary/aromatic N) is 3. The molecule has 176 valence electrons. The molecule has 1 fully saturated rings. The quantitative estimate of drug-likeness (QED) is 0.299. The Labute approximate surface area is 195 Å². The number of hydrogen-bond acceptors (Lipinski definition) is 7. The average molecular weight is 451 g/mol. The van der Waals surface area contributed by atoms with Gasteiger partial charge >= 0.3 is 0 Å². The van der Waals surface area contributed by atoms with E-state index in [0.29, 0.717) is 23.0 Å². The van der Waals surface area contributed by atoms with Gasteiger partial charge in [0.1, 0.15) is 11.7 Å². The second-order valence-electron chi connectivity index (χ2n) is 8.69. The van der Waals surface area contributed by atoms with Gasteiger partial charge in [-0.25, -0.2) is 4.99 Å². The lowest BCUT2D eigenvalue weighted by Gasteiger charge is -2.26. The summed E-state index contributed by atoms with van der Waals surface area (Å²) in [5.41, 5.74) is 9.17. The molecule has 33 heavy (non-hydrogen) atoms. The van der Waals surface area contributed by atoms with E-state index in [1.54, 1.807) is 0 Å². The minimum absolute atomic E-state index is 0.0464. The Bertz CT molecular complexity index is 950. The molecule has 4 N–H and O–H groups in total. The van der Waals surface area contributed by atoms with Crippen LogP contribution in [0, 0.1) is 11.3 Å². The molecule has 0 spiro atoms. The summed E-state index contributed by atoms with van der Waals surface area (Å²) in [6.45, 7) is 7.66. The fraction of sp³-hybridized carbons (Fsp3) is 0.480. The highest BCUT2D eigenvalue weighted by Gasteiger charge is 2.19. The molecule has 0 aromatic carbocycles. The van der Waals surface area contributed by atoms with Crippen LogP contribution in [-0.2, 0) is 9.47 Å². The fourth-order valence-electron chi connectivity index (χ4n) is 4.11. The second-order valence-corrected chi connectivity index (χ2v) is 8.69. The molecule has 0 aromatic heterocycles. The van der Waals surface area contributed by atoms with Crippen LogP contribution in [0.4, 0.5) is 0 Å². The monoisotopic (exact) mass is 450 g/mol. The molecule has 1 saturated heterocycles. The molecule has 3 heterocycles. The fourth-order valence-corrected chi connectivity index (χ4v) is 4.11. The maximum Gasteiger partial charge on any atom is 0.143 e. The predicted octanol–water partition coefficient (Wildman–Crippen LogP) is 2.68. The van der Waals surface area contributed by atoms with Gasteiger partial charge in [-0.1, -0.05) is 31.2 Å². The third-order valence-corrected chi connectivity index (χ3v) is 6.06. The standard InChI is InChI=1S/C25H34N6O2/c1-18-3-8-22(28-15-18)23(24(26)27)25-29-16-20(17-30-25)19-4-6-21(7-5-19)33-12-2-9-31-10-13-32-14-11-31/h4-6,8,15-18,21,29H,2-3,7,9-14H2,1H3,(H3,26,27)/b25-23+. The van der Waals surface area contributed by atoms with Crippen molar-refractivity contribution in [3.63, 3.8) is 0 Å². The van der Waals surface area contributed by atoms with Crippen LogP contribution in [0.5, 0.6) is 0 Å². The number of nitrogens with one attached hydrogen (secondary N) is 2. The lowest BCUT2D eigenvalue weighted by Crippen LogP contribution is -2.37. The van der Waals surface area contributed by atoms with Gasteiger partial charge in [-0.2, -0.15) is 0 Å². The van der Waals surface area contributed by atoms with Crippen molar-refractivity contribution in [2.45, 2.75) is 32.3 Å². The largest absolute Gasteiger partial charge is 0.384 e. The van der Waals surface area contributed by atoms with Crippen molar-refractivity contribution in [3.05, 3.63) is 58.7 Å². The maximum atomic E-state index is 8.00. The number of morpholine rings is 1. The summed E-state index contributed by atoms with van der Waals surface area (Å²) in [7, 11) is 0. The van der Waals surface area contributed by atoms with Crippen LogP contribution in [-0.4, -0.2) is 68.7 Å². The molecule has 0 amide bonds. The zero-order valence-electron chi connectivity index (χ0n) is 19.3. The summed E-state index contributed by atoms with van der Waals surface area (Å²) in [6, 6.07) is 0. The molecule has 8 heteroatoms. The van der Waals surface area contributed by atoms with Crippen LogP contribution in [0.2, 0.25) is 0 Å². The van der Waals surface area contributed by atoms with Gasteiger partial charge in [-0.05, 0) is 30.8 Å². The van der Waals surface area contributed by atoms with Crippen molar-refractivity contribution < 1.29 is 9.47 Å². The van der Waals surface area contributed by atoms with Crippen LogP contribution in [0.1, 0.15) is 26.2 Å². The summed E-state index contributed by atoms with van der Waals surface area (Å²) < 4.78 is 11.4. The molecule has 2 unspecified atom stereocenters. The van der Waals surface area contributed by atoms with E-state index in [-0.39, 0.29) is 11.9 Å². The molecule has 0 saturated carbocycles. The number of ether oxygens (including phenoxy) is 2. The highest BCUT2D eigenvalue weighted by molar-refractivity contribution is 6.00. The molecule has 3 aliphatic heterocycles. The zero-order valence-corrected chi connectivity index (χ0v) is 19.3. The highest BCUT2D eigenvalue weighted by atomic mass is 16.5. The number of rotatable bonds is 8. The summed E-state index contributed by atoms with van der Waals surface area (Å²) in [5, 5.41) is 11.2. The van der Waals surface area contributed by atoms with Gasteiger partial charge in [0.2, 0.25) is 0 Å². The van der Waals surface area contributed by atoms with E-state index in [0.717, 1.165) is 69.9 Å². The number of allylic oxidation sites excluding steroid dienone is 4. The Morgan fingerprint density at radius 3 is 2.73 bits per heavy atom. The van der Waals surface area contributed by atoms with E-state index in [1.165, 1.54) is 0 Å². The van der Waals surface area contributed by atoms with E-state index in [2.05, 4.69) is 45.4 Å². The smallest absolute Gasteiger partial charge is 0.143 e. The Morgan fingerprint density at radius 2 is 2.09 bits per heavy atom. The van der Waals surface area contributed by atoms with Crippen molar-refractivity contribution in [2.75, 3.05) is 39.5 Å². The first-order valence-electron chi connectivity index (χ1n) is 11.7. The molecule has 0 radical (unpaired) electrons. The van der Waals surface area contributed by atoms with Crippen LogP contribution in [0.15, 0.2) is 68.7 Å². The number of hydrogen-bond donors (Lipinski definition) is 3. The van der Waals surface area contributed by atoms with E-state index in [9.17, 15) is 0 Å². The highest BCUT2D eigenvalue weighted by Crippen LogP contribution is 2.25. The van der Waals surface area contributed by atoms with Crippen LogP contribution >= 0.6 is 0 Å². The molecule has 0 aromatic rings. The minimum atomic E-state index is -0.0464. The van der Waals surface area contributed by atoms with Gasteiger partial charge in [0.15, 0.2) is 0 Å². The first-order chi connectivity index (χ1) is 16.1. The predicted molar refractivity (Wildman–Crippen MR) is 132 cm³/mol. The van der Waals surface area contributed by atoms with Gasteiger partial charge in [-0.15, -0.1) is 0 Å². The first kappa shape index (κ1) is 23.4. The van der Waals surface area contributed by atoms with Crippen molar-refractivity contribution in [1.82, 2.24) is 10.2 Å². The molecular weight excluding hydrogens is 416 g/mol. The number of aliphatic imine (C=N–C) groups is 2. The molecule has 0 bridgehead atoms. The minimum Gasteiger partial charge on any atom is -0.384 e. The van der Waals surface area contributed by atoms with Gasteiger partial charge < -0.3 is 20.5 Å². The third-order valence-electron chi connectivity index (χ3n) is 6.06. The normalized spacial score (nSPS) is 26.9. The Kier molecular flexibility index (Phi) is 8.04. The van der Waals surface area contributed by atoms with Crippen molar-refractivity contribution in [1.29, 1.82) is 5.41 Å². The second kappa shape index (κ2) is 11.4. The molecule has 2 atom stereocenters. The van der Waals surface area contributed by atoms with Crippen LogP contribution < -0.4 is 11.1 Å². The molecule has 4 aliphatic rings. The maximum absolute atomic E-state index is 8.00. The SMILES string of the molecule is CC1C=NC(/C(C(=N)N)=C2\N=CC(C3=CCC(OCCCN4CCOCC4)C=C3)=CN2)=CC1. The number of amidine groups is 1. The summed E-state index contributed by atoms with van der Waals surface area (Å²) >= 11 is 0. The summed E-state index contributed by atoms with van der Waals surface area (Å²) in [4.78, 5) is 11.4. The van der Waals surface area contributed by atoms with Crippen LogP contribution in [0.3, 0.4) is 0 Å². The number of nitrogens with two attached hydrogens (primary N) is 1. The summed E-state index contributed by atoms with van der Waals surface area (Å²) in [6.07, 6.45) is 16.9. The van der Waals surface area contributed by atoms with Crippen molar-refractivity contribution in [2.24, 2.45) is 21.6 Å². The Hall–Kier alpha value is -2.81. The third kappa shape index (κ3) is 6.37. The lowest BCUT2D eigenvalue weighted by molar-refractivity contribution is 0.0278. The average Bonchev–Trinajstić information content (AvgIpc) is 2.85. The van der Waals surface area contributed by atoms with Gasteiger partial charge in [0, 0.05) is 50.4 Å². The molecule has 1 aliphatic carbocycles. The van der Waals surface area contributed by atoms with Crippen LogP contribution in [0.25, 0.3) is 0 Å². The molecular formula is C25H34N6O2. The van der Waals surface area contributed by atoms with E-state index in [1.807, 2.05) is 24.7 Å². The van der Waals surface area contributed by atoms with Crippen molar-refractivity contribution >= 4 is 18.3 Å². The molecule has 4 rings (SSSR count). The summed E-state index contributed by atoms with van der Waals surface area (Å²) in [5.74, 6) is 0.893. The lowest BCUT2D eigenvalue weighted by atomic mass is 9.98. The topological polar surface area (TPSA) is 108 Å².